The Labute approximate surface area is 86.5 Å². The van der Waals surface area contributed by atoms with Crippen LogP contribution in [0.15, 0.2) is 6.20 Å². The van der Waals surface area contributed by atoms with Crippen LogP contribution in [-0.4, -0.2) is 42.9 Å². The second-order valence-corrected chi connectivity index (χ2v) is 3.11. The maximum Gasteiger partial charge on any atom is 0.356 e. The van der Waals surface area contributed by atoms with E-state index < -0.39 is 5.97 Å². The lowest BCUT2D eigenvalue weighted by Crippen LogP contribution is -2.22. The van der Waals surface area contributed by atoms with Crippen LogP contribution in [-0.2, 0) is 14.2 Å². The van der Waals surface area contributed by atoms with Gasteiger partial charge in [0.05, 0.1) is 33.1 Å². The Balaban J connectivity index is 2.08. The van der Waals surface area contributed by atoms with E-state index in [4.69, 9.17) is 9.47 Å². The number of nitrogens with zero attached hydrogens (tertiary/aromatic N) is 1. The third kappa shape index (κ3) is 2.16. The topological polar surface area (TPSA) is 73.4 Å². The molecule has 0 saturated carbocycles. The predicted octanol–water partition coefficient (Wildman–Crippen LogP) is 0.284. The summed E-state index contributed by atoms with van der Waals surface area (Å²) in [4.78, 5) is 18.0. The smallest absolute Gasteiger partial charge is 0.356 e. The van der Waals surface area contributed by atoms with E-state index in [-0.39, 0.29) is 6.10 Å². The number of hydrogen-bond acceptors (Lipinski definition) is 5. The number of carbonyl (C=O) groups excluding carboxylic acids is 1. The van der Waals surface area contributed by atoms with Crippen molar-refractivity contribution < 1.29 is 19.0 Å². The molecule has 1 fully saturated rings. The highest BCUT2D eigenvalue weighted by molar-refractivity contribution is 5.86. The number of hydrogen-bond donors (Lipinski definition) is 1. The normalized spacial score (nSPS) is 21.3. The van der Waals surface area contributed by atoms with Crippen molar-refractivity contribution in [1.82, 2.24) is 9.97 Å². The molecule has 0 aromatic carbocycles. The van der Waals surface area contributed by atoms with E-state index in [2.05, 4.69) is 14.7 Å². The van der Waals surface area contributed by atoms with Gasteiger partial charge >= 0.3 is 5.97 Å². The SMILES string of the molecule is COC(=O)c1cnc(C2COCCO2)[nH]1. The Morgan fingerprint density at radius 1 is 1.67 bits per heavy atom. The summed E-state index contributed by atoms with van der Waals surface area (Å²) in [5.74, 6) is 0.153. The first-order valence-electron chi connectivity index (χ1n) is 4.64. The highest BCUT2D eigenvalue weighted by Gasteiger charge is 2.21. The number of aromatic nitrogens is 2. The van der Waals surface area contributed by atoms with Crippen LogP contribution in [0.25, 0.3) is 0 Å². The molecule has 0 radical (unpaired) electrons. The number of nitrogens with one attached hydrogen (secondary N) is 1. The first-order valence-corrected chi connectivity index (χ1v) is 4.64. The average Bonchev–Trinajstić information content (AvgIpc) is 2.78. The van der Waals surface area contributed by atoms with Crippen LogP contribution in [0.2, 0.25) is 0 Å². The fourth-order valence-corrected chi connectivity index (χ4v) is 1.36. The molecule has 1 aliphatic heterocycles. The standard InChI is InChI=1S/C9H12N2O4/c1-13-9(12)6-4-10-8(11-6)7-5-14-2-3-15-7/h4,7H,2-3,5H2,1H3,(H,10,11). The molecule has 1 unspecified atom stereocenters. The van der Waals surface area contributed by atoms with Crippen LogP contribution in [0, 0.1) is 0 Å². The van der Waals surface area contributed by atoms with Gasteiger partial charge in [-0.05, 0) is 0 Å². The Kier molecular flexibility index (Phi) is 2.98. The molecule has 1 aromatic heterocycles. The number of rotatable bonds is 2. The van der Waals surface area contributed by atoms with Gasteiger partial charge in [-0.1, -0.05) is 0 Å². The summed E-state index contributed by atoms with van der Waals surface area (Å²) in [5, 5.41) is 0. The van der Waals surface area contributed by atoms with Gasteiger partial charge in [0, 0.05) is 0 Å². The van der Waals surface area contributed by atoms with Gasteiger partial charge in [0.1, 0.15) is 17.6 Å². The van der Waals surface area contributed by atoms with Crippen LogP contribution in [0.5, 0.6) is 0 Å². The van der Waals surface area contributed by atoms with Gasteiger partial charge in [-0.25, -0.2) is 9.78 Å². The second kappa shape index (κ2) is 4.41. The minimum atomic E-state index is -0.439. The van der Waals surface area contributed by atoms with E-state index in [1.807, 2.05) is 0 Å². The molecule has 1 N–H and O–H groups in total. The highest BCUT2D eigenvalue weighted by Crippen LogP contribution is 2.17. The number of H-pyrrole nitrogens is 1. The molecule has 1 aromatic rings. The van der Waals surface area contributed by atoms with Crippen molar-refractivity contribution in [1.29, 1.82) is 0 Å². The van der Waals surface area contributed by atoms with Crippen molar-refractivity contribution in [3.63, 3.8) is 0 Å². The molecule has 1 saturated heterocycles. The van der Waals surface area contributed by atoms with Crippen LogP contribution < -0.4 is 0 Å². The van der Waals surface area contributed by atoms with E-state index in [1.165, 1.54) is 13.3 Å². The molecule has 0 amide bonds. The highest BCUT2D eigenvalue weighted by atomic mass is 16.6. The maximum atomic E-state index is 11.1. The number of methoxy groups -OCH3 is 1. The number of ether oxygens (including phenoxy) is 3. The zero-order valence-electron chi connectivity index (χ0n) is 8.36. The Morgan fingerprint density at radius 2 is 2.53 bits per heavy atom. The Morgan fingerprint density at radius 3 is 3.20 bits per heavy atom. The van der Waals surface area contributed by atoms with Crippen LogP contribution in [0.3, 0.4) is 0 Å². The quantitative estimate of drug-likeness (QED) is 0.713. The minimum Gasteiger partial charge on any atom is -0.464 e. The van der Waals surface area contributed by atoms with Crippen molar-refractivity contribution >= 4 is 5.97 Å². The molecule has 15 heavy (non-hydrogen) atoms. The van der Waals surface area contributed by atoms with Crippen molar-refractivity contribution in [2.24, 2.45) is 0 Å². The third-order valence-electron chi connectivity index (χ3n) is 2.12. The van der Waals surface area contributed by atoms with Crippen molar-refractivity contribution in [3.8, 4) is 0 Å². The van der Waals surface area contributed by atoms with Crippen LogP contribution in [0.4, 0.5) is 0 Å². The lowest BCUT2D eigenvalue weighted by Gasteiger charge is -2.20. The fourth-order valence-electron chi connectivity index (χ4n) is 1.36. The summed E-state index contributed by atoms with van der Waals surface area (Å²) < 4.78 is 15.2. The van der Waals surface area contributed by atoms with Crippen molar-refractivity contribution in [3.05, 3.63) is 17.7 Å². The number of carbonyl (C=O) groups is 1. The minimum absolute atomic E-state index is 0.225. The summed E-state index contributed by atoms with van der Waals surface area (Å²) in [6.07, 6.45) is 1.20. The van der Waals surface area contributed by atoms with Crippen LogP contribution >= 0.6 is 0 Å². The molecular formula is C9H12N2O4. The summed E-state index contributed by atoms with van der Waals surface area (Å²) in [5.41, 5.74) is 0.321. The molecule has 0 spiro atoms. The monoisotopic (exact) mass is 212 g/mol. The average molecular weight is 212 g/mol. The molecule has 1 atom stereocenters. The molecule has 0 aliphatic carbocycles. The van der Waals surface area contributed by atoms with Gasteiger partial charge in [0.15, 0.2) is 0 Å². The van der Waals surface area contributed by atoms with E-state index in [9.17, 15) is 4.79 Å². The molecule has 6 nitrogen and oxygen atoms in total. The molecule has 82 valence electrons. The van der Waals surface area contributed by atoms with Gasteiger partial charge in [0.25, 0.3) is 0 Å². The molecule has 2 rings (SSSR count). The lowest BCUT2D eigenvalue weighted by atomic mass is 10.3. The number of imidazole rings is 1. The molecule has 0 bridgehead atoms. The first kappa shape index (κ1) is 10.1. The summed E-state index contributed by atoms with van der Waals surface area (Å²) in [6.45, 7) is 1.59. The van der Waals surface area contributed by atoms with Crippen molar-refractivity contribution in [2.75, 3.05) is 26.9 Å². The predicted molar refractivity (Wildman–Crippen MR) is 49.4 cm³/mol. The van der Waals surface area contributed by atoms with Gasteiger partial charge in [-0.3, -0.25) is 0 Å². The largest absolute Gasteiger partial charge is 0.464 e. The summed E-state index contributed by atoms with van der Waals surface area (Å²) >= 11 is 0. The van der Waals surface area contributed by atoms with Gasteiger partial charge in [0.2, 0.25) is 0 Å². The van der Waals surface area contributed by atoms with E-state index in [0.29, 0.717) is 31.3 Å². The van der Waals surface area contributed by atoms with Crippen LogP contribution in [0.1, 0.15) is 22.4 Å². The third-order valence-corrected chi connectivity index (χ3v) is 2.12. The Hall–Kier alpha value is -1.40. The number of aromatic amines is 1. The maximum absolute atomic E-state index is 11.1. The zero-order chi connectivity index (χ0) is 10.7. The fraction of sp³-hybridized carbons (Fsp3) is 0.556. The molecule has 1 aliphatic rings. The second-order valence-electron chi connectivity index (χ2n) is 3.11. The molecular weight excluding hydrogens is 200 g/mol. The zero-order valence-corrected chi connectivity index (χ0v) is 8.36. The lowest BCUT2D eigenvalue weighted by molar-refractivity contribution is -0.0932. The van der Waals surface area contributed by atoms with Crippen molar-refractivity contribution in [2.45, 2.75) is 6.10 Å². The molecule has 6 heteroatoms. The van der Waals surface area contributed by atoms with E-state index in [0.717, 1.165) is 0 Å². The van der Waals surface area contributed by atoms with Gasteiger partial charge in [-0.15, -0.1) is 0 Å². The van der Waals surface area contributed by atoms with E-state index in [1.54, 1.807) is 0 Å². The first-order chi connectivity index (χ1) is 7.31. The summed E-state index contributed by atoms with van der Waals surface area (Å²) in [7, 11) is 1.32. The Bertz CT molecular complexity index is 344. The van der Waals surface area contributed by atoms with E-state index >= 15 is 0 Å². The molecule has 2 heterocycles. The van der Waals surface area contributed by atoms with Gasteiger partial charge in [-0.2, -0.15) is 0 Å². The summed E-state index contributed by atoms with van der Waals surface area (Å²) in [6, 6.07) is 0. The number of esters is 1. The van der Waals surface area contributed by atoms with Gasteiger partial charge < -0.3 is 19.2 Å².